The van der Waals surface area contributed by atoms with Gasteiger partial charge in [-0.15, -0.1) is 0 Å². The van der Waals surface area contributed by atoms with Crippen molar-refractivity contribution in [2.45, 2.75) is 92.9 Å². The predicted molar refractivity (Wildman–Crippen MR) is 265 cm³/mol. The van der Waals surface area contributed by atoms with Crippen LogP contribution in [-0.4, -0.2) is 87.3 Å². The highest BCUT2D eigenvalue weighted by Crippen LogP contribution is 2.37. The molecule has 0 aliphatic carbocycles. The van der Waals surface area contributed by atoms with Crippen molar-refractivity contribution in [3.8, 4) is 5.75 Å². The molecule has 2 saturated heterocycles. The van der Waals surface area contributed by atoms with Gasteiger partial charge in [-0.25, -0.2) is 9.97 Å². The number of likely N-dealkylation sites (tertiary alicyclic amines) is 2. The minimum atomic E-state index is 0. The van der Waals surface area contributed by atoms with E-state index in [1.165, 1.54) is 36.8 Å². The Hall–Kier alpha value is -5.84. The molecule has 6 heterocycles. The summed E-state index contributed by atoms with van der Waals surface area (Å²) in [5, 5.41) is 1.81. The molecule has 6 aromatic rings. The highest BCUT2D eigenvalue weighted by molar-refractivity contribution is 6.09. The van der Waals surface area contributed by atoms with E-state index in [1.807, 2.05) is 58.3 Å². The third-order valence-corrected chi connectivity index (χ3v) is 13.6. The van der Waals surface area contributed by atoms with E-state index in [1.54, 1.807) is 0 Å². The number of carbonyl (C=O) groups excluding carboxylic acids is 2. The number of carbonyl (C=O) groups is 2. The summed E-state index contributed by atoms with van der Waals surface area (Å²) < 4.78 is 6.09. The number of fused-ring (bicyclic) bond motifs is 4. The molecule has 0 bridgehead atoms. The Morgan fingerprint density at radius 2 is 1.02 bits per heavy atom. The number of pyridine rings is 2. The van der Waals surface area contributed by atoms with Gasteiger partial charge in [-0.1, -0.05) is 113 Å². The van der Waals surface area contributed by atoms with Crippen LogP contribution in [0.1, 0.15) is 110 Å². The average molecular weight is 876 g/mol. The Labute approximate surface area is 386 Å². The molecule has 342 valence electrons. The van der Waals surface area contributed by atoms with Crippen molar-refractivity contribution in [1.29, 1.82) is 0 Å². The second-order valence-corrected chi connectivity index (χ2v) is 17.9. The van der Waals surface area contributed by atoms with E-state index in [0.717, 1.165) is 111 Å². The van der Waals surface area contributed by atoms with E-state index >= 15 is 0 Å². The lowest BCUT2D eigenvalue weighted by atomic mass is 9.93. The summed E-state index contributed by atoms with van der Waals surface area (Å²) in [5.41, 5.74) is 14.5. The Balaban J connectivity index is 0.000000189. The molecule has 0 radical (unpaired) electrons. The smallest absolute Gasteiger partial charge is 0.259 e. The molecule has 10 nitrogen and oxygen atoms in total. The Morgan fingerprint density at radius 3 is 1.52 bits per heavy atom. The molecule has 2 aromatic heterocycles. The number of anilines is 1. The summed E-state index contributed by atoms with van der Waals surface area (Å²) in [5.74, 6) is 2.20. The largest absolute Gasteiger partial charge is 0.492 e. The van der Waals surface area contributed by atoms with Crippen LogP contribution in [0.2, 0.25) is 0 Å². The zero-order valence-electron chi connectivity index (χ0n) is 36.8. The quantitative estimate of drug-likeness (QED) is 0.122. The van der Waals surface area contributed by atoms with Crippen LogP contribution in [0.5, 0.6) is 5.75 Å². The highest BCUT2D eigenvalue weighted by atomic mass is 16.5. The number of nitrogen functional groups attached to an aromatic ring is 1. The lowest BCUT2D eigenvalue weighted by Gasteiger charge is -2.32. The van der Waals surface area contributed by atoms with Gasteiger partial charge < -0.3 is 20.3 Å². The summed E-state index contributed by atoms with van der Waals surface area (Å²) in [4.78, 5) is 44.9. The molecule has 10 heteroatoms. The third-order valence-electron chi connectivity index (χ3n) is 13.6. The number of aromatic nitrogens is 2. The second kappa shape index (κ2) is 21.9. The molecular weight excluding hydrogens is 807 g/mol. The lowest BCUT2D eigenvalue weighted by Crippen LogP contribution is -2.35. The van der Waals surface area contributed by atoms with Gasteiger partial charge in [0.05, 0.1) is 53.4 Å². The van der Waals surface area contributed by atoms with Crippen molar-refractivity contribution in [2.75, 3.05) is 51.6 Å². The standard InChI is InChI=1S/C28H33N3O2.C25H28N4O.2CH4/c1-2-18-33-27-23-10-6-7-11-24(23)29-25-20-31(28(32)26(25)27)17-14-21-12-15-30(16-13-21)19-22-8-4-3-5-9-22;26-24-20-8-4-5-9-21(20)27-22-17-29(25(30)23(22)24)15-12-18-10-13-28(14-11-18)16-19-6-2-1-3-7-19;;/h3-11,21H,2,12-20H2,1H3;1-9,18H,10-17H2,(H2,26,27);2*1H4. The molecule has 4 aromatic carbocycles. The topological polar surface area (TPSA) is 108 Å². The summed E-state index contributed by atoms with van der Waals surface area (Å²) in [7, 11) is 0. The first-order valence-corrected chi connectivity index (χ1v) is 23.2. The monoisotopic (exact) mass is 876 g/mol. The molecule has 10 rings (SSSR count). The van der Waals surface area contributed by atoms with Crippen LogP contribution >= 0.6 is 0 Å². The third kappa shape index (κ3) is 10.8. The van der Waals surface area contributed by atoms with Crippen LogP contribution in [0.15, 0.2) is 109 Å². The summed E-state index contributed by atoms with van der Waals surface area (Å²) in [6.07, 6.45) is 7.83. The zero-order valence-corrected chi connectivity index (χ0v) is 36.8. The van der Waals surface area contributed by atoms with Crippen LogP contribution in [-0.2, 0) is 26.2 Å². The van der Waals surface area contributed by atoms with E-state index in [2.05, 4.69) is 77.4 Å². The molecule has 2 fully saturated rings. The molecule has 0 unspecified atom stereocenters. The number of ether oxygens (including phenoxy) is 1. The predicted octanol–water partition coefficient (Wildman–Crippen LogP) is 10.6. The van der Waals surface area contributed by atoms with Gasteiger partial charge >= 0.3 is 0 Å². The fourth-order valence-corrected chi connectivity index (χ4v) is 9.97. The van der Waals surface area contributed by atoms with Gasteiger partial charge in [0, 0.05) is 37.0 Å². The maximum absolute atomic E-state index is 13.4. The summed E-state index contributed by atoms with van der Waals surface area (Å²) in [6.45, 7) is 12.0. The van der Waals surface area contributed by atoms with Crippen LogP contribution < -0.4 is 10.5 Å². The maximum atomic E-state index is 13.4. The summed E-state index contributed by atoms with van der Waals surface area (Å²) in [6, 6.07) is 37.2. The fourth-order valence-electron chi connectivity index (χ4n) is 9.97. The van der Waals surface area contributed by atoms with Gasteiger partial charge in [-0.2, -0.15) is 0 Å². The van der Waals surface area contributed by atoms with Crippen molar-refractivity contribution in [3.63, 3.8) is 0 Å². The molecular formula is C55H69N7O3. The van der Waals surface area contributed by atoms with Crippen LogP contribution in [0, 0.1) is 11.8 Å². The van der Waals surface area contributed by atoms with E-state index in [9.17, 15) is 9.59 Å². The molecule has 4 aliphatic heterocycles. The number of hydrogen-bond donors (Lipinski definition) is 1. The maximum Gasteiger partial charge on any atom is 0.259 e. The van der Waals surface area contributed by atoms with Gasteiger partial charge in [0.25, 0.3) is 11.8 Å². The first-order chi connectivity index (χ1) is 30.9. The van der Waals surface area contributed by atoms with Crippen molar-refractivity contribution in [2.24, 2.45) is 11.8 Å². The van der Waals surface area contributed by atoms with Crippen molar-refractivity contribution in [3.05, 3.63) is 143 Å². The number of nitrogens with zero attached hydrogens (tertiary/aromatic N) is 6. The molecule has 0 spiro atoms. The number of para-hydroxylation sites is 2. The van der Waals surface area contributed by atoms with E-state index in [-0.39, 0.29) is 26.7 Å². The van der Waals surface area contributed by atoms with E-state index < -0.39 is 0 Å². The van der Waals surface area contributed by atoms with Gasteiger partial charge in [0.15, 0.2) is 0 Å². The van der Waals surface area contributed by atoms with Crippen molar-refractivity contribution >= 4 is 39.3 Å². The normalized spacial score (nSPS) is 16.8. The van der Waals surface area contributed by atoms with Crippen LogP contribution in [0.25, 0.3) is 21.8 Å². The van der Waals surface area contributed by atoms with E-state index in [0.29, 0.717) is 48.3 Å². The Morgan fingerprint density at radius 1 is 0.585 bits per heavy atom. The molecule has 0 saturated carbocycles. The zero-order chi connectivity index (χ0) is 43.1. The minimum absolute atomic E-state index is 0. The summed E-state index contributed by atoms with van der Waals surface area (Å²) >= 11 is 0. The number of hydrogen-bond acceptors (Lipinski definition) is 8. The highest BCUT2D eigenvalue weighted by Gasteiger charge is 2.35. The second-order valence-electron chi connectivity index (χ2n) is 17.9. The lowest BCUT2D eigenvalue weighted by molar-refractivity contribution is 0.0748. The first kappa shape index (κ1) is 47.1. The number of benzene rings is 4. The first-order valence-electron chi connectivity index (χ1n) is 23.2. The number of nitrogens with two attached hydrogens (primary N) is 1. The number of piperidine rings is 2. The molecule has 2 amide bonds. The SMILES string of the molecule is C.C.CCCOc1c2c(nc3ccccc13)CN(CCC1CCN(Cc3ccccc3)CC1)C2=O.Nc1c2c(nc3ccccc13)CN(CCC1CCN(Cc3ccccc3)CC1)C2=O. The van der Waals surface area contributed by atoms with Gasteiger partial charge in [0.2, 0.25) is 0 Å². The Bertz CT molecular complexity index is 2520. The van der Waals surface area contributed by atoms with Gasteiger partial charge in [0.1, 0.15) is 11.3 Å². The van der Waals surface area contributed by atoms with Crippen molar-refractivity contribution < 1.29 is 14.3 Å². The Kier molecular flexibility index (Phi) is 15.9. The fraction of sp³-hybridized carbons (Fsp3) is 0.418. The van der Waals surface area contributed by atoms with Crippen LogP contribution in [0.3, 0.4) is 0 Å². The minimum Gasteiger partial charge on any atom is -0.492 e. The number of amides is 2. The van der Waals surface area contributed by atoms with Crippen LogP contribution in [0.4, 0.5) is 5.69 Å². The molecule has 2 N–H and O–H groups in total. The van der Waals surface area contributed by atoms with E-state index in [4.69, 9.17) is 20.4 Å². The molecule has 4 aliphatic rings. The molecule has 65 heavy (non-hydrogen) atoms. The number of rotatable bonds is 13. The van der Waals surface area contributed by atoms with Gasteiger partial charge in [-0.05, 0) is 112 Å². The average Bonchev–Trinajstić information content (AvgIpc) is 3.82. The van der Waals surface area contributed by atoms with Gasteiger partial charge in [-0.3, -0.25) is 19.4 Å². The van der Waals surface area contributed by atoms with Crippen molar-refractivity contribution in [1.82, 2.24) is 29.6 Å². The molecule has 0 atom stereocenters.